The standard InChI is InChI=1S/C29H25FN4O3/c1-2-15-35-22-13-7-20(8-14-22)27-26-25(24(16-31)28(32)37-29(26)34-33-27)19-5-11-23(12-6-19)36-17-18-3-9-21(30)10-4-18/h3-14,25H,2,15,17,32H2,1H3,(H,33,34)/t25-/m1/s1. The van der Waals surface area contributed by atoms with Crippen LogP contribution in [0.5, 0.6) is 17.4 Å². The summed E-state index contributed by atoms with van der Waals surface area (Å²) in [7, 11) is 0. The Morgan fingerprint density at radius 1 is 1.00 bits per heavy atom. The lowest BCUT2D eigenvalue weighted by molar-refractivity contribution is 0.306. The van der Waals surface area contributed by atoms with Gasteiger partial charge in [0, 0.05) is 5.56 Å². The minimum Gasteiger partial charge on any atom is -0.494 e. The summed E-state index contributed by atoms with van der Waals surface area (Å²) in [5.74, 6) is 1.02. The number of aromatic nitrogens is 2. The van der Waals surface area contributed by atoms with E-state index in [0.717, 1.165) is 40.1 Å². The van der Waals surface area contributed by atoms with Gasteiger partial charge in [0.1, 0.15) is 35.6 Å². The van der Waals surface area contributed by atoms with E-state index in [1.165, 1.54) is 12.1 Å². The molecule has 1 aromatic heterocycles. The Hall–Kier alpha value is -4.77. The molecule has 8 heteroatoms. The molecule has 0 unspecified atom stereocenters. The number of rotatable bonds is 8. The number of aromatic amines is 1. The van der Waals surface area contributed by atoms with Crippen LogP contribution in [0.1, 0.15) is 36.0 Å². The Bertz CT molecular complexity index is 1450. The van der Waals surface area contributed by atoms with Crippen LogP contribution in [0.25, 0.3) is 11.3 Å². The fourth-order valence-corrected chi connectivity index (χ4v) is 4.24. The third kappa shape index (κ3) is 4.98. The van der Waals surface area contributed by atoms with Crippen molar-refractivity contribution in [1.82, 2.24) is 10.2 Å². The highest BCUT2D eigenvalue weighted by Gasteiger charge is 2.35. The first-order valence-corrected chi connectivity index (χ1v) is 11.9. The molecular formula is C29H25FN4O3. The van der Waals surface area contributed by atoms with Gasteiger partial charge >= 0.3 is 0 Å². The molecule has 186 valence electrons. The molecule has 3 aromatic carbocycles. The van der Waals surface area contributed by atoms with E-state index in [9.17, 15) is 9.65 Å². The molecule has 1 aliphatic rings. The summed E-state index contributed by atoms with van der Waals surface area (Å²) in [5.41, 5.74) is 10.5. The van der Waals surface area contributed by atoms with Crippen molar-refractivity contribution in [3.63, 3.8) is 0 Å². The highest BCUT2D eigenvalue weighted by Crippen LogP contribution is 2.46. The molecule has 0 fully saturated rings. The molecule has 0 aliphatic carbocycles. The van der Waals surface area contributed by atoms with Gasteiger partial charge < -0.3 is 19.9 Å². The largest absolute Gasteiger partial charge is 0.494 e. The second-order valence-electron chi connectivity index (χ2n) is 8.60. The van der Waals surface area contributed by atoms with Gasteiger partial charge in [-0.05, 0) is 66.1 Å². The number of nitriles is 1. The van der Waals surface area contributed by atoms with Crippen LogP contribution in [0.3, 0.4) is 0 Å². The Morgan fingerprint density at radius 2 is 1.68 bits per heavy atom. The summed E-state index contributed by atoms with van der Waals surface area (Å²) in [5, 5.41) is 17.3. The number of benzene rings is 3. The van der Waals surface area contributed by atoms with Crippen LogP contribution in [-0.2, 0) is 6.61 Å². The highest BCUT2D eigenvalue weighted by atomic mass is 19.1. The van der Waals surface area contributed by atoms with E-state index in [0.29, 0.717) is 30.4 Å². The molecule has 0 bridgehead atoms. The number of nitrogens with zero attached hydrogens (tertiary/aromatic N) is 2. The number of nitrogens with one attached hydrogen (secondary N) is 1. The molecule has 7 nitrogen and oxygen atoms in total. The summed E-state index contributed by atoms with van der Waals surface area (Å²) >= 11 is 0. The van der Waals surface area contributed by atoms with Crippen LogP contribution in [0, 0.1) is 17.1 Å². The molecule has 3 N–H and O–H groups in total. The van der Waals surface area contributed by atoms with Gasteiger partial charge in [0.05, 0.1) is 23.8 Å². The number of hydrogen-bond acceptors (Lipinski definition) is 6. The predicted molar refractivity (Wildman–Crippen MR) is 136 cm³/mol. The van der Waals surface area contributed by atoms with Gasteiger partial charge in [-0.15, -0.1) is 5.10 Å². The zero-order valence-electron chi connectivity index (χ0n) is 20.2. The van der Waals surface area contributed by atoms with Crippen molar-refractivity contribution < 1.29 is 18.6 Å². The van der Waals surface area contributed by atoms with Gasteiger partial charge in [0.2, 0.25) is 11.8 Å². The third-order valence-corrected chi connectivity index (χ3v) is 6.09. The van der Waals surface area contributed by atoms with Crippen LogP contribution >= 0.6 is 0 Å². The second kappa shape index (κ2) is 10.5. The molecule has 0 saturated heterocycles. The summed E-state index contributed by atoms with van der Waals surface area (Å²) in [6, 6.07) is 23.5. The zero-order chi connectivity index (χ0) is 25.8. The monoisotopic (exact) mass is 496 g/mol. The molecule has 2 heterocycles. The number of nitrogens with two attached hydrogens (primary N) is 1. The van der Waals surface area contributed by atoms with Crippen LogP contribution in [0.4, 0.5) is 4.39 Å². The lowest BCUT2D eigenvalue weighted by Gasteiger charge is -2.24. The van der Waals surface area contributed by atoms with Gasteiger partial charge in [0.15, 0.2) is 0 Å². The first-order valence-electron chi connectivity index (χ1n) is 11.9. The van der Waals surface area contributed by atoms with Crippen molar-refractivity contribution in [3.05, 3.63) is 107 Å². The van der Waals surface area contributed by atoms with Crippen LogP contribution in [0.15, 0.2) is 84.3 Å². The lowest BCUT2D eigenvalue weighted by atomic mass is 9.83. The number of allylic oxidation sites excluding steroid dienone is 1. The molecule has 1 aliphatic heterocycles. The first-order chi connectivity index (χ1) is 18.1. The van der Waals surface area contributed by atoms with Crippen molar-refractivity contribution in [1.29, 1.82) is 5.26 Å². The molecule has 4 aromatic rings. The smallest absolute Gasteiger partial charge is 0.244 e. The molecule has 0 amide bonds. The maximum Gasteiger partial charge on any atom is 0.244 e. The number of halogens is 1. The Kier molecular flexibility index (Phi) is 6.77. The van der Waals surface area contributed by atoms with E-state index in [-0.39, 0.29) is 11.7 Å². The number of H-pyrrole nitrogens is 1. The average molecular weight is 497 g/mol. The van der Waals surface area contributed by atoms with E-state index >= 15 is 0 Å². The van der Waals surface area contributed by atoms with Gasteiger partial charge in [0.25, 0.3) is 0 Å². The minimum atomic E-state index is -0.482. The zero-order valence-corrected chi connectivity index (χ0v) is 20.2. The van der Waals surface area contributed by atoms with Crippen molar-refractivity contribution in [2.24, 2.45) is 5.73 Å². The fourth-order valence-electron chi connectivity index (χ4n) is 4.24. The molecule has 0 spiro atoms. The van der Waals surface area contributed by atoms with E-state index < -0.39 is 5.92 Å². The molecule has 0 radical (unpaired) electrons. The predicted octanol–water partition coefficient (Wildman–Crippen LogP) is 5.80. The summed E-state index contributed by atoms with van der Waals surface area (Å²) in [4.78, 5) is 0. The van der Waals surface area contributed by atoms with E-state index in [2.05, 4.69) is 23.2 Å². The number of hydrogen-bond donors (Lipinski definition) is 2. The third-order valence-electron chi connectivity index (χ3n) is 6.09. The van der Waals surface area contributed by atoms with Gasteiger partial charge in [-0.3, -0.25) is 5.10 Å². The van der Waals surface area contributed by atoms with E-state index in [4.69, 9.17) is 19.9 Å². The molecule has 1 atom stereocenters. The van der Waals surface area contributed by atoms with Crippen LogP contribution < -0.4 is 19.9 Å². The SMILES string of the molecule is CCCOc1ccc(-c2[nH]nc3c2[C@H](c2ccc(OCc4ccc(F)cc4)cc2)C(C#N)=C(N)O3)cc1. The average Bonchev–Trinajstić information content (AvgIpc) is 3.34. The van der Waals surface area contributed by atoms with Crippen LogP contribution in [-0.4, -0.2) is 16.8 Å². The fraction of sp³-hybridized carbons (Fsp3) is 0.172. The summed E-state index contributed by atoms with van der Waals surface area (Å²) < 4.78 is 30.4. The molecular weight excluding hydrogens is 471 g/mol. The van der Waals surface area contributed by atoms with Crippen molar-refractivity contribution in [2.75, 3.05) is 6.61 Å². The number of ether oxygens (including phenoxy) is 3. The first kappa shape index (κ1) is 23.9. The van der Waals surface area contributed by atoms with Gasteiger partial charge in [-0.1, -0.05) is 31.2 Å². The Balaban J connectivity index is 1.44. The maximum absolute atomic E-state index is 13.1. The Morgan fingerprint density at radius 3 is 2.35 bits per heavy atom. The lowest BCUT2D eigenvalue weighted by Crippen LogP contribution is -2.21. The molecule has 0 saturated carbocycles. The maximum atomic E-state index is 13.1. The van der Waals surface area contributed by atoms with Gasteiger partial charge in [-0.2, -0.15) is 5.26 Å². The highest BCUT2D eigenvalue weighted by molar-refractivity contribution is 5.71. The summed E-state index contributed by atoms with van der Waals surface area (Å²) in [6.45, 7) is 3.01. The van der Waals surface area contributed by atoms with Crippen molar-refractivity contribution in [2.45, 2.75) is 25.9 Å². The Labute approximate surface area is 213 Å². The number of fused-ring (bicyclic) bond motifs is 1. The molecule has 37 heavy (non-hydrogen) atoms. The quantitative estimate of drug-likeness (QED) is 0.319. The second-order valence-corrected chi connectivity index (χ2v) is 8.60. The summed E-state index contributed by atoms with van der Waals surface area (Å²) in [6.07, 6.45) is 0.926. The van der Waals surface area contributed by atoms with Crippen molar-refractivity contribution in [3.8, 4) is 34.7 Å². The minimum absolute atomic E-state index is 0.0259. The van der Waals surface area contributed by atoms with E-state index in [1.807, 2.05) is 48.5 Å². The van der Waals surface area contributed by atoms with Crippen molar-refractivity contribution >= 4 is 0 Å². The van der Waals surface area contributed by atoms with E-state index in [1.54, 1.807) is 12.1 Å². The topological polar surface area (TPSA) is 106 Å². The van der Waals surface area contributed by atoms with Crippen LogP contribution in [0.2, 0.25) is 0 Å². The van der Waals surface area contributed by atoms with Gasteiger partial charge in [-0.25, -0.2) is 4.39 Å². The normalized spacial score (nSPS) is 14.5. The molecule has 5 rings (SSSR count).